The molecule has 0 aliphatic heterocycles. The molecule has 2 heteroatoms. The molecule has 0 bridgehead atoms. The Hall–Kier alpha value is -1.41. The van der Waals surface area contributed by atoms with Crippen LogP contribution >= 0.6 is 0 Å². The average Bonchev–Trinajstić information content (AvgIpc) is 2.38. The number of rotatable bonds is 6. The van der Waals surface area contributed by atoms with Crippen LogP contribution in [0.5, 0.6) is 0 Å². The first kappa shape index (κ1) is 12.1. The summed E-state index contributed by atoms with van der Waals surface area (Å²) in [5.41, 5.74) is 2.51. The van der Waals surface area contributed by atoms with Gasteiger partial charge in [-0.1, -0.05) is 19.1 Å². The van der Waals surface area contributed by atoms with Gasteiger partial charge in [0.2, 0.25) is 0 Å². The second kappa shape index (κ2) is 6.36. The molecular formula is C15H20N2. The van der Waals surface area contributed by atoms with Crippen LogP contribution in [0.4, 0.5) is 0 Å². The minimum atomic E-state index is 1.07. The van der Waals surface area contributed by atoms with Gasteiger partial charge in [0, 0.05) is 11.6 Å². The molecule has 1 aromatic heterocycles. The molecular weight excluding hydrogens is 208 g/mol. The van der Waals surface area contributed by atoms with Gasteiger partial charge in [-0.3, -0.25) is 4.98 Å². The lowest BCUT2D eigenvalue weighted by molar-refractivity contribution is 0.641. The van der Waals surface area contributed by atoms with Gasteiger partial charge in [-0.2, -0.15) is 0 Å². The quantitative estimate of drug-likeness (QED) is 0.768. The van der Waals surface area contributed by atoms with Crippen LogP contribution < -0.4 is 5.32 Å². The lowest BCUT2D eigenvalue weighted by atomic mass is 10.1. The molecule has 0 unspecified atom stereocenters. The molecule has 0 saturated heterocycles. The van der Waals surface area contributed by atoms with Crippen molar-refractivity contribution in [2.45, 2.75) is 26.2 Å². The number of hydrogen-bond donors (Lipinski definition) is 1. The summed E-state index contributed by atoms with van der Waals surface area (Å²) < 4.78 is 0. The molecule has 0 amide bonds. The zero-order valence-corrected chi connectivity index (χ0v) is 10.4. The number of fused-ring (bicyclic) bond motifs is 1. The van der Waals surface area contributed by atoms with Crippen molar-refractivity contribution in [1.82, 2.24) is 10.3 Å². The van der Waals surface area contributed by atoms with Crippen LogP contribution in [0.1, 0.15) is 25.3 Å². The van der Waals surface area contributed by atoms with Crippen LogP contribution in [-0.2, 0) is 6.42 Å². The van der Waals surface area contributed by atoms with E-state index in [2.05, 4.69) is 41.5 Å². The van der Waals surface area contributed by atoms with Crippen LogP contribution in [0, 0.1) is 0 Å². The van der Waals surface area contributed by atoms with E-state index in [1.165, 1.54) is 23.8 Å². The van der Waals surface area contributed by atoms with Crippen molar-refractivity contribution in [3.63, 3.8) is 0 Å². The van der Waals surface area contributed by atoms with E-state index >= 15 is 0 Å². The van der Waals surface area contributed by atoms with E-state index < -0.39 is 0 Å². The molecule has 2 rings (SSSR count). The van der Waals surface area contributed by atoms with Crippen molar-refractivity contribution >= 4 is 10.9 Å². The zero-order valence-electron chi connectivity index (χ0n) is 10.4. The van der Waals surface area contributed by atoms with Gasteiger partial charge >= 0.3 is 0 Å². The molecule has 1 heterocycles. The van der Waals surface area contributed by atoms with Crippen molar-refractivity contribution in [1.29, 1.82) is 0 Å². The van der Waals surface area contributed by atoms with E-state index in [1.807, 2.05) is 12.3 Å². The summed E-state index contributed by atoms with van der Waals surface area (Å²) >= 11 is 0. The van der Waals surface area contributed by atoms with Gasteiger partial charge in [0.05, 0.1) is 5.52 Å². The molecule has 0 spiro atoms. The second-order valence-corrected chi connectivity index (χ2v) is 4.34. The number of unbranched alkanes of at least 4 members (excludes halogenated alkanes) is 1. The standard InChI is InChI=1S/C15H20N2/c1-2-16-10-4-3-6-13-8-9-15-14(12-13)7-5-11-17-15/h5,7-9,11-12,16H,2-4,6,10H2,1H3. The number of pyridine rings is 1. The molecule has 0 saturated carbocycles. The molecule has 17 heavy (non-hydrogen) atoms. The number of hydrogen-bond acceptors (Lipinski definition) is 2. The summed E-state index contributed by atoms with van der Waals surface area (Å²) in [7, 11) is 0. The summed E-state index contributed by atoms with van der Waals surface area (Å²) in [6.07, 6.45) is 5.51. The molecule has 0 aliphatic rings. The molecule has 0 aliphatic carbocycles. The minimum absolute atomic E-state index is 1.07. The fraction of sp³-hybridized carbons (Fsp3) is 0.400. The maximum atomic E-state index is 4.33. The first-order valence-corrected chi connectivity index (χ1v) is 6.44. The number of aromatic nitrogens is 1. The third-order valence-corrected chi connectivity index (χ3v) is 2.99. The Bertz CT molecular complexity index is 465. The highest BCUT2D eigenvalue weighted by molar-refractivity contribution is 5.78. The van der Waals surface area contributed by atoms with E-state index in [9.17, 15) is 0 Å². The lowest BCUT2D eigenvalue weighted by Crippen LogP contribution is -2.13. The van der Waals surface area contributed by atoms with Gasteiger partial charge in [0.1, 0.15) is 0 Å². The second-order valence-electron chi connectivity index (χ2n) is 4.34. The van der Waals surface area contributed by atoms with Crippen LogP contribution in [-0.4, -0.2) is 18.1 Å². The minimum Gasteiger partial charge on any atom is -0.317 e. The van der Waals surface area contributed by atoms with Crippen molar-refractivity contribution in [2.24, 2.45) is 0 Å². The van der Waals surface area contributed by atoms with Gasteiger partial charge in [-0.25, -0.2) is 0 Å². The first-order valence-electron chi connectivity index (χ1n) is 6.44. The molecule has 1 aromatic carbocycles. The Morgan fingerprint density at radius 2 is 2.12 bits per heavy atom. The van der Waals surface area contributed by atoms with Gasteiger partial charge in [0.15, 0.2) is 0 Å². The monoisotopic (exact) mass is 228 g/mol. The number of nitrogens with one attached hydrogen (secondary N) is 1. The van der Waals surface area contributed by atoms with Crippen molar-refractivity contribution in [3.05, 3.63) is 42.1 Å². The maximum absolute atomic E-state index is 4.33. The molecule has 2 nitrogen and oxygen atoms in total. The van der Waals surface area contributed by atoms with Crippen LogP contribution in [0.2, 0.25) is 0 Å². The average molecular weight is 228 g/mol. The largest absolute Gasteiger partial charge is 0.317 e. The Morgan fingerprint density at radius 1 is 1.18 bits per heavy atom. The normalized spacial score (nSPS) is 10.9. The number of benzene rings is 1. The van der Waals surface area contributed by atoms with Crippen LogP contribution in [0.25, 0.3) is 10.9 Å². The van der Waals surface area contributed by atoms with E-state index in [1.54, 1.807) is 0 Å². The highest BCUT2D eigenvalue weighted by Gasteiger charge is 1.97. The van der Waals surface area contributed by atoms with Gasteiger partial charge < -0.3 is 5.32 Å². The predicted octanol–water partition coefficient (Wildman–Crippen LogP) is 3.17. The Kier molecular flexibility index (Phi) is 4.51. The molecule has 0 fully saturated rings. The fourth-order valence-electron chi connectivity index (χ4n) is 2.04. The fourth-order valence-corrected chi connectivity index (χ4v) is 2.04. The third kappa shape index (κ3) is 3.53. The van der Waals surface area contributed by atoms with Crippen molar-refractivity contribution in [3.8, 4) is 0 Å². The molecule has 0 radical (unpaired) electrons. The molecule has 0 atom stereocenters. The maximum Gasteiger partial charge on any atom is 0.0702 e. The molecule has 1 N–H and O–H groups in total. The van der Waals surface area contributed by atoms with Gasteiger partial charge in [0.25, 0.3) is 0 Å². The van der Waals surface area contributed by atoms with E-state index in [4.69, 9.17) is 0 Å². The summed E-state index contributed by atoms with van der Waals surface area (Å²) in [6.45, 7) is 4.35. The smallest absolute Gasteiger partial charge is 0.0702 e. The third-order valence-electron chi connectivity index (χ3n) is 2.99. The van der Waals surface area contributed by atoms with Crippen molar-refractivity contribution < 1.29 is 0 Å². The number of nitrogens with zero attached hydrogens (tertiary/aromatic N) is 1. The first-order chi connectivity index (χ1) is 8.40. The SMILES string of the molecule is CCNCCCCc1ccc2ncccc2c1. The zero-order chi connectivity index (χ0) is 11.9. The molecule has 2 aromatic rings. The Balaban J connectivity index is 1.90. The van der Waals surface area contributed by atoms with Gasteiger partial charge in [-0.15, -0.1) is 0 Å². The van der Waals surface area contributed by atoms with Gasteiger partial charge in [-0.05, 0) is 56.1 Å². The van der Waals surface area contributed by atoms with E-state index in [-0.39, 0.29) is 0 Å². The van der Waals surface area contributed by atoms with Crippen molar-refractivity contribution in [2.75, 3.05) is 13.1 Å². The topological polar surface area (TPSA) is 24.9 Å². The summed E-state index contributed by atoms with van der Waals surface area (Å²) in [5.74, 6) is 0. The summed E-state index contributed by atoms with van der Waals surface area (Å²) in [5, 5.41) is 4.60. The van der Waals surface area contributed by atoms with E-state index in [0.29, 0.717) is 0 Å². The highest BCUT2D eigenvalue weighted by atomic mass is 14.8. The number of aryl methyl sites for hydroxylation is 1. The predicted molar refractivity (Wildman–Crippen MR) is 73.2 cm³/mol. The van der Waals surface area contributed by atoms with Crippen LogP contribution in [0.3, 0.4) is 0 Å². The van der Waals surface area contributed by atoms with E-state index in [0.717, 1.165) is 25.0 Å². The Morgan fingerprint density at radius 3 is 3.00 bits per heavy atom. The molecule has 90 valence electrons. The lowest BCUT2D eigenvalue weighted by Gasteiger charge is -2.04. The highest BCUT2D eigenvalue weighted by Crippen LogP contribution is 2.14. The summed E-state index contributed by atoms with van der Waals surface area (Å²) in [6, 6.07) is 10.7. The van der Waals surface area contributed by atoms with Crippen LogP contribution in [0.15, 0.2) is 36.5 Å². The Labute approximate surface area is 103 Å². The summed E-state index contributed by atoms with van der Waals surface area (Å²) in [4.78, 5) is 4.33.